The van der Waals surface area contributed by atoms with Crippen LogP contribution in [0.1, 0.15) is 33.1 Å². The van der Waals surface area contributed by atoms with E-state index in [0.717, 1.165) is 12.8 Å². The van der Waals surface area contributed by atoms with Crippen LogP contribution in [0, 0.1) is 5.92 Å². The van der Waals surface area contributed by atoms with Crippen LogP contribution in [0.25, 0.3) is 0 Å². The molecule has 1 N–H and O–H groups in total. The molecule has 0 bridgehead atoms. The molecule has 0 unspecified atom stereocenters. The zero-order valence-electron chi connectivity index (χ0n) is 8.69. The fraction of sp³-hybridized carbons (Fsp3) is 0.800. The van der Waals surface area contributed by atoms with Crippen LogP contribution in [0.3, 0.4) is 0 Å². The zero-order valence-corrected chi connectivity index (χ0v) is 8.69. The molecule has 0 radical (unpaired) electrons. The number of amides is 1. The molecule has 0 aromatic heterocycles. The first-order valence-electron chi connectivity index (χ1n) is 5.14. The van der Waals surface area contributed by atoms with E-state index in [0.29, 0.717) is 6.54 Å². The number of rotatable bonds is 4. The van der Waals surface area contributed by atoms with Gasteiger partial charge in [0, 0.05) is 19.0 Å². The highest BCUT2D eigenvalue weighted by atomic mass is 16.4. The number of hydrogen-bond donors (Lipinski definition) is 1. The fourth-order valence-electron chi connectivity index (χ4n) is 2.13. The lowest BCUT2D eigenvalue weighted by atomic mass is 9.98. The molecule has 1 saturated heterocycles. The number of hydrogen-bond acceptors (Lipinski definition) is 2. The average Bonchev–Trinajstić information content (AvgIpc) is 2.44. The van der Waals surface area contributed by atoms with Crippen LogP contribution in [-0.4, -0.2) is 34.5 Å². The van der Waals surface area contributed by atoms with E-state index in [-0.39, 0.29) is 18.4 Å². The van der Waals surface area contributed by atoms with Crippen molar-refractivity contribution in [2.24, 2.45) is 5.92 Å². The maximum absolute atomic E-state index is 11.5. The van der Waals surface area contributed by atoms with Crippen molar-refractivity contribution in [3.63, 3.8) is 0 Å². The van der Waals surface area contributed by atoms with Gasteiger partial charge in [0.2, 0.25) is 5.91 Å². The molecule has 1 fully saturated rings. The van der Waals surface area contributed by atoms with Gasteiger partial charge in [-0.15, -0.1) is 0 Å². The number of carboxylic acids is 1. The van der Waals surface area contributed by atoms with Gasteiger partial charge in [-0.25, -0.2) is 0 Å². The monoisotopic (exact) mass is 199 g/mol. The van der Waals surface area contributed by atoms with Gasteiger partial charge in [0.1, 0.15) is 0 Å². The lowest BCUT2D eigenvalue weighted by Gasteiger charge is -2.25. The van der Waals surface area contributed by atoms with Crippen molar-refractivity contribution in [2.45, 2.75) is 39.2 Å². The molecular formula is C10H17NO3. The SMILES string of the molecule is CCCN1C(=O)C[C@@H](C(=O)O)[C@H]1CC. The summed E-state index contributed by atoms with van der Waals surface area (Å²) in [5.41, 5.74) is 0. The number of nitrogens with zero attached hydrogens (tertiary/aromatic N) is 1. The Morgan fingerprint density at radius 3 is 2.64 bits per heavy atom. The summed E-state index contributed by atoms with van der Waals surface area (Å²) in [5.74, 6) is -1.35. The zero-order chi connectivity index (χ0) is 10.7. The van der Waals surface area contributed by atoms with Crippen LogP contribution in [0.4, 0.5) is 0 Å². The number of carboxylic acid groups (broad SMARTS) is 1. The topological polar surface area (TPSA) is 57.6 Å². The number of carbonyl (C=O) groups is 2. The van der Waals surface area contributed by atoms with Gasteiger partial charge in [0.25, 0.3) is 0 Å². The molecule has 0 saturated carbocycles. The third-order valence-corrected chi connectivity index (χ3v) is 2.78. The van der Waals surface area contributed by atoms with E-state index >= 15 is 0 Å². The summed E-state index contributed by atoms with van der Waals surface area (Å²) in [5, 5.41) is 8.94. The first-order valence-corrected chi connectivity index (χ1v) is 5.14. The van der Waals surface area contributed by atoms with Gasteiger partial charge in [0.15, 0.2) is 0 Å². The van der Waals surface area contributed by atoms with Gasteiger partial charge < -0.3 is 10.0 Å². The second-order valence-corrected chi connectivity index (χ2v) is 3.71. The predicted molar refractivity (Wildman–Crippen MR) is 51.8 cm³/mol. The van der Waals surface area contributed by atoms with Crippen molar-refractivity contribution in [2.75, 3.05) is 6.54 Å². The molecule has 1 aliphatic heterocycles. The molecule has 1 heterocycles. The minimum Gasteiger partial charge on any atom is -0.481 e. The Balaban J connectivity index is 2.77. The predicted octanol–water partition coefficient (Wildman–Crippen LogP) is 1.11. The van der Waals surface area contributed by atoms with E-state index in [1.165, 1.54) is 0 Å². The van der Waals surface area contributed by atoms with Gasteiger partial charge in [-0.3, -0.25) is 9.59 Å². The maximum atomic E-state index is 11.5. The van der Waals surface area contributed by atoms with Crippen LogP contribution in [0.2, 0.25) is 0 Å². The lowest BCUT2D eigenvalue weighted by molar-refractivity contribution is -0.142. The Morgan fingerprint density at radius 2 is 2.21 bits per heavy atom. The van der Waals surface area contributed by atoms with Crippen molar-refractivity contribution in [1.82, 2.24) is 4.90 Å². The molecule has 0 aromatic carbocycles. The maximum Gasteiger partial charge on any atom is 0.309 e. The highest BCUT2D eigenvalue weighted by molar-refractivity contribution is 5.86. The van der Waals surface area contributed by atoms with E-state index in [1.54, 1.807) is 4.90 Å². The second-order valence-electron chi connectivity index (χ2n) is 3.71. The molecule has 1 rings (SSSR count). The molecule has 4 nitrogen and oxygen atoms in total. The molecule has 80 valence electrons. The smallest absolute Gasteiger partial charge is 0.309 e. The van der Waals surface area contributed by atoms with Crippen LogP contribution in [-0.2, 0) is 9.59 Å². The molecule has 14 heavy (non-hydrogen) atoms. The van der Waals surface area contributed by atoms with Crippen molar-refractivity contribution in [3.05, 3.63) is 0 Å². The fourth-order valence-corrected chi connectivity index (χ4v) is 2.13. The highest BCUT2D eigenvalue weighted by Crippen LogP contribution is 2.28. The Kier molecular flexibility index (Phi) is 3.49. The first-order chi connectivity index (χ1) is 6.61. The molecule has 0 aliphatic carbocycles. The second kappa shape index (κ2) is 4.44. The summed E-state index contributed by atoms with van der Waals surface area (Å²) in [4.78, 5) is 24.1. The third-order valence-electron chi connectivity index (χ3n) is 2.78. The van der Waals surface area contributed by atoms with Crippen LogP contribution in [0.5, 0.6) is 0 Å². The van der Waals surface area contributed by atoms with E-state index in [9.17, 15) is 9.59 Å². The Labute approximate surface area is 83.9 Å². The lowest BCUT2D eigenvalue weighted by Crippen LogP contribution is -2.37. The Hall–Kier alpha value is -1.06. The quantitative estimate of drug-likeness (QED) is 0.737. The highest BCUT2D eigenvalue weighted by Gasteiger charge is 2.41. The molecule has 0 aromatic rings. The molecule has 1 aliphatic rings. The summed E-state index contributed by atoms with van der Waals surface area (Å²) in [7, 11) is 0. The Morgan fingerprint density at radius 1 is 1.57 bits per heavy atom. The minimum atomic E-state index is -0.844. The molecule has 1 amide bonds. The largest absolute Gasteiger partial charge is 0.481 e. The molecule has 2 atom stereocenters. The molecule has 4 heteroatoms. The van der Waals surface area contributed by atoms with Crippen LogP contribution in [0.15, 0.2) is 0 Å². The Bertz CT molecular complexity index is 240. The summed E-state index contributed by atoms with van der Waals surface area (Å²) in [6, 6.07) is -0.0973. The van der Waals surface area contributed by atoms with E-state index in [1.807, 2.05) is 13.8 Å². The van der Waals surface area contributed by atoms with Crippen LogP contribution < -0.4 is 0 Å². The first kappa shape index (κ1) is 11.0. The number of aliphatic carboxylic acids is 1. The van der Waals surface area contributed by atoms with E-state index in [2.05, 4.69) is 0 Å². The van der Waals surface area contributed by atoms with Crippen molar-refractivity contribution < 1.29 is 14.7 Å². The molecule has 0 spiro atoms. The van der Waals surface area contributed by atoms with Gasteiger partial charge in [0.05, 0.1) is 5.92 Å². The summed E-state index contributed by atoms with van der Waals surface area (Å²) >= 11 is 0. The standard InChI is InChI=1S/C10H17NO3/c1-3-5-11-8(4-2)7(10(13)14)6-9(11)12/h7-8H,3-6H2,1-2H3,(H,13,14)/t7-,8-/m1/s1. The summed E-state index contributed by atoms with van der Waals surface area (Å²) in [6.45, 7) is 4.61. The van der Waals surface area contributed by atoms with Gasteiger partial charge in [-0.2, -0.15) is 0 Å². The van der Waals surface area contributed by atoms with Crippen molar-refractivity contribution in [3.8, 4) is 0 Å². The van der Waals surface area contributed by atoms with Crippen LogP contribution >= 0.6 is 0 Å². The number of carbonyl (C=O) groups excluding carboxylic acids is 1. The van der Waals surface area contributed by atoms with E-state index in [4.69, 9.17) is 5.11 Å². The van der Waals surface area contributed by atoms with Crippen molar-refractivity contribution >= 4 is 11.9 Å². The summed E-state index contributed by atoms with van der Waals surface area (Å²) < 4.78 is 0. The van der Waals surface area contributed by atoms with Gasteiger partial charge >= 0.3 is 5.97 Å². The molecular weight excluding hydrogens is 182 g/mol. The minimum absolute atomic E-state index is 0.00824. The third kappa shape index (κ3) is 1.89. The van der Waals surface area contributed by atoms with Gasteiger partial charge in [-0.1, -0.05) is 13.8 Å². The van der Waals surface area contributed by atoms with E-state index < -0.39 is 11.9 Å². The average molecular weight is 199 g/mol. The van der Waals surface area contributed by atoms with Gasteiger partial charge in [-0.05, 0) is 12.8 Å². The summed E-state index contributed by atoms with van der Waals surface area (Å²) in [6.07, 6.45) is 1.78. The van der Waals surface area contributed by atoms with Crippen molar-refractivity contribution in [1.29, 1.82) is 0 Å². The number of likely N-dealkylation sites (tertiary alicyclic amines) is 1. The normalized spacial score (nSPS) is 27.0.